The van der Waals surface area contributed by atoms with E-state index in [0.717, 1.165) is 30.8 Å². The van der Waals surface area contributed by atoms with Crippen LogP contribution in [0.5, 0.6) is 0 Å². The molecule has 28 heavy (non-hydrogen) atoms. The molecule has 150 valence electrons. The first kappa shape index (κ1) is 20.5. The number of carbonyl (C=O) groups excluding carboxylic acids is 1. The molecule has 7 heteroatoms. The largest absolute Gasteiger partial charge is 0.314 e. The SMILES string of the molecule is Cc1cccc(CCC2CC(C(=O)CS(=O)(=O)Nc3ccccc3)CCN2)n1. The highest BCUT2D eigenvalue weighted by molar-refractivity contribution is 7.93. The van der Waals surface area contributed by atoms with Crippen molar-refractivity contribution in [1.29, 1.82) is 0 Å². The van der Waals surface area contributed by atoms with Gasteiger partial charge in [0.2, 0.25) is 10.0 Å². The Kier molecular flexibility index (Phi) is 6.80. The normalized spacial score (nSPS) is 19.9. The lowest BCUT2D eigenvalue weighted by atomic mass is 9.87. The maximum Gasteiger partial charge on any atom is 0.239 e. The maximum absolute atomic E-state index is 12.6. The lowest BCUT2D eigenvalue weighted by Crippen LogP contribution is -2.42. The number of Topliss-reactive ketones (excluding diaryl/α,β-unsaturated/α-hetero) is 1. The van der Waals surface area contributed by atoms with E-state index in [1.54, 1.807) is 24.3 Å². The molecule has 2 atom stereocenters. The van der Waals surface area contributed by atoms with Crippen molar-refractivity contribution in [3.8, 4) is 0 Å². The van der Waals surface area contributed by atoms with E-state index in [1.165, 1.54) is 0 Å². The molecule has 2 heterocycles. The number of ketones is 1. The number of aryl methyl sites for hydroxylation is 2. The number of benzene rings is 1. The number of nitrogens with one attached hydrogen (secondary N) is 2. The number of aromatic nitrogens is 1. The van der Waals surface area contributed by atoms with Crippen LogP contribution in [-0.2, 0) is 21.2 Å². The zero-order valence-corrected chi connectivity index (χ0v) is 16.9. The van der Waals surface area contributed by atoms with Gasteiger partial charge in [0.25, 0.3) is 0 Å². The van der Waals surface area contributed by atoms with Crippen LogP contribution in [0.4, 0.5) is 5.69 Å². The topological polar surface area (TPSA) is 88.2 Å². The van der Waals surface area contributed by atoms with Gasteiger partial charge in [-0.1, -0.05) is 24.3 Å². The van der Waals surface area contributed by atoms with Crippen molar-refractivity contribution >= 4 is 21.5 Å². The minimum Gasteiger partial charge on any atom is -0.314 e. The molecule has 1 saturated heterocycles. The van der Waals surface area contributed by atoms with Crippen LogP contribution in [0.2, 0.25) is 0 Å². The molecule has 2 N–H and O–H groups in total. The molecular formula is C21H27N3O3S. The molecule has 0 amide bonds. The summed E-state index contributed by atoms with van der Waals surface area (Å²) in [5.74, 6) is -0.897. The Labute approximate surface area is 166 Å². The first-order chi connectivity index (χ1) is 13.4. The van der Waals surface area contributed by atoms with Crippen LogP contribution in [0, 0.1) is 12.8 Å². The molecule has 1 aliphatic heterocycles. The van der Waals surface area contributed by atoms with Crippen molar-refractivity contribution in [2.45, 2.75) is 38.6 Å². The van der Waals surface area contributed by atoms with Gasteiger partial charge in [0, 0.05) is 29.0 Å². The monoisotopic (exact) mass is 401 g/mol. The summed E-state index contributed by atoms with van der Waals surface area (Å²) in [4.78, 5) is 17.1. The summed E-state index contributed by atoms with van der Waals surface area (Å²) in [5.41, 5.74) is 2.52. The molecule has 0 saturated carbocycles. The van der Waals surface area contributed by atoms with Crippen LogP contribution in [0.1, 0.15) is 30.7 Å². The highest BCUT2D eigenvalue weighted by Crippen LogP contribution is 2.21. The van der Waals surface area contributed by atoms with Gasteiger partial charge in [-0.15, -0.1) is 0 Å². The van der Waals surface area contributed by atoms with E-state index in [-0.39, 0.29) is 17.7 Å². The van der Waals surface area contributed by atoms with Gasteiger partial charge in [0.1, 0.15) is 5.75 Å². The number of rotatable bonds is 8. The summed E-state index contributed by atoms with van der Waals surface area (Å²) in [6.07, 6.45) is 3.08. The third-order valence-electron chi connectivity index (χ3n) is 5.02. The fourth-order valence-corrected chi connectivity index (χ4v) is 4.78. The van der Waals surface area contributed by atoms with Crippen LogP contribution in [0.15, 0.2) is 48.5 Å². The molecule has 0 bridgehead atoms. The average molecular weight is 402 g/mol. The van der Waals surface area contributed by atoms with Crippen molar-refractivity contribution < 1.29 is 13.2 Å². The Morgan fingerprint density at radius 3 is 2.71 bits per heavy atom. The van der Waals surface area contributed by atoms with Crippen LogP contribution >= 0.6 is 0 Å². The van der Waals surface area contributed by atoms with E-state index in [4.69, 9.17) is 0 Å². The quantitative estimate of drug-likeness (QED) is 0.710. The predicted octanol–water partition coefficient (Wildman–Crippen LogP) is 2.70. The molecule has 0 spiro atoms. The van der Waals surface area contributed by atoms with Gasteiger partial charge in [-0.25, -0.2) is 8.42 Å². The van der Waals surface area contributed by atoms with Crippen molar-refractivity contribution in [3.63, 3.8) is 0 Å². The predicted molar refractivity (Wildman–Crippen MR) is 111 cm³/mol. The number of anilines is 1. The Morgan fingerprint density at radius 2 is 1.96 bits per heavy atom. The first-order valence-electron chi connectivity index (χ1n) is 9.65. The summed E-state index contributed by atoms with van der Waals surface area (Å²) in [5, 5.41) is 3.45. The lowest BCUT2D eigenvalue weighted by Gasteiger charge is -2.29. The Morgan fingerprint density at radius 1 is 1.18 bits per heavy atom. The van der Waals surface area contributed by atoms with Crippen LogP contribution in [0.25, 0.3) is 0 Å². The molecule has 1 aromatic heterocycles. The zero-order chi connectivity index (χ0) is 20.0. The Bertz CT molecular complexity index is 900. The number of carbonyl (C=O) groups is 1. The summed E-state index contributed by atoms with van der Waals surface area (Å²) >= 11 is 0. The van der Waals surface area contributed by atoms with Gasteiger partial charge in [-0.3, -0.25) is 14.5 Å². The van der Waals surface area contributed by atoms with Gasteiger partial charge in [0.05, 0.1) is 0 Å². The Balaban J connectivity index is 1.52. The van der Waals surface area contributed by atoms with Crippen LogP contribution in [0.3, 0.4) is 0 Å². The highest BCUT2D eigenvalue weighted by Gasteiger charge is 2.29. The smallest absolute Gasteiger partial charge is 0.239 e. The van der Waals surface area contributed by atoms with E-state index >= 15 is 0 Å². The molecule has 1 aliphatic rings. The summed E-state index contributed by atoms with van der Waals surface area (Å²) in [7, 11) is -3.69. The minimum absolute atomic E-state index is 0.204. The van der Waals surface area contributed by atoms with E-state index in [0.29, 0.717) is 18.5 Å². The number of nitrogens with zero attached hydrogens (tertiary/aromatic N) is 1. The molecule has 3 rings (SSSR count). The lowest BCUT2D eigenvalue weighted by molar-refractivity contribution is -0.121. The number of hydrogen-bond acceptors (Lipinski definition) is 5. The third kappa shape index (κ3) is 6.14. The summed E-state index contributed by atoms with van der Waals surface area (Å²) in [6.45, 7) is 2.70. The van der Waals surface area contributed by atoms with E-state index in [2.05, 4.69) is 15.0 Å². The molecule has 0 radical (unpaired) electrons. The second-order valence-electron chi connectivity index (χ2n) is 7.37. The summed E-state index contributed by atoms with van der Waals surface area (Å²) < 4.78 is 27.1. The molecule has 1 aromatic carbocycles. The first-order valence-corrected chi connectivity index (χ1v) is 11.3. The average Bonchev–Trinajstić information content (AvgIpc) is 2.67. The second-order valence-corrected chi connectivity index (χ2v) is 9.10. The standard InChI is InChI=1S/C21H27N3O3S/c1-16-6-5-9-18(23-16)10-11-20-14-17(12-13-22-20)21(25)15-28(26,27)24-19-7-3-2-4-8-19/h2-9,17,20,22,24H,10-15H2,1H3. The second kappa shape index (κ2) is 9.30. The van der Waals surface area contributed by atoms with Crippen molar-refractivity contribution in [2.75, 3.05) is 17.0 Å². The van der Waals surface area contributed by atoms with E-state index in [9.17, 15) is 13.2 Å². The Hall–Kier alpha value is -2.25. The van der Waals surface area contributed by atoms with Crippen molar-refractivity contribution in [2.24, 2.45) is 5.92 Å². The van der Waals surface area contributed by atoms with Crippen LogP contribution in [-0.4, -0.2) is 37.5 Å². The molecule has 2 aromatic rings. The molecule has 1 fully saturated rings. The van der Waals surface area contributed by atoms with E-state index in [1.807, 2.05) is 31.2 Å². The fraction of sp³-hybridized carbons (Fsp3) is 0.429. The maximum atomic E-state index is 12.6. The van der Waals surface area contributed by atoms with Gasteiger partial charge >= 0.3 is 0 Å². The number of piperidine rings is 1. The molecular weight excluding hydrogens is 374 g/mol. The van der Waals surface area contributed by atoms with Gasteiger partial charge in [0.15, 0.2) is 5.78 Å². The number of pyridine rings is 1. The summed E-state index contributed by atoms with van der Waals surface area (Å²) in [6, 6.07) is 14.8. The molecule has 0 aliphatic carbocycles. The van der Waals surface area contributed by atoms with Crippen molar-refractivity contribution in [1.82, 2.24) is 10.3 Å². The van der Waals surface area contributed by atoms with Crippen LogP contribution < -0.4 is 10.0 Å². The highest BCUT2D eigenvalue weighted by atomic mass is 32.2. The fourth-order valence-electron chi connectivity index (χ4n) is 3.61. The minimum atomic E-state index is -3.69. The molecule has 6 nitrogen and oxygen atoms in total. The molecule has 2 unspecified atom stereocenters. The number of hydrogen-bond donors (Lipinski definition) is 2. The van der Waals surface area contributed by atoms with E-state index < -0.39 is 15.8 Å². The number of para-hydroxylation sites is 1. The van der Waals surface area contributed by atoms with Gasteiger partial charge < -0.3 is 5.32 Å². The third-order valence-corrected chi connectivity index (χ3v) is 6.24. The number of sulfonamides is 1. The van der Waals surface area contributed by atoms with Crippen molar-refractivity contribution in [3.05, 3.63) is 59.9 Å². The van der Waals surface area contributed by atoms with Gasteiger partial charge in [-0.05, 0) is 63.4 Å². The van der Waals surface area contributed by atoms with Gasteiger partial charge in [-0.2, -0.15) is 0 Å². The zero-order valence-electron chi connectivity index (χ0n) is 16.1.